The molecule has 4 heteroatoms. The van der Waals surface area contributed by atoms with Crippen LogP contribution in [0.5, 0.6) is 0 Å². The molecule has 0 spiro atoms. The van der Waals surface area contributed by atoms with Gasteiger partial charge in [0.1, 0.15) is 17.7 Å². The predicted molar refractivity (Wildman–Crippen MR) is 136 cm³/mol. The zero-order valence-electron chi connectivity index (χ0n) is 20.6. The highest BCUT2D eigenvalue weighted by Crippen LogP contribution is 2.31. The van der Waals surface area contributed by atoms with Gasteiger partial charge in [0.05, 0.1) is 5.56 Å². The van der Waals surface area contributed by atoms with Gasteiger partial charge < -0.3 is 4.74 Å². The highest BCUT2D eigenvalue weighted by molar-refractivity contribution is 5.90. The number of ether oxygens (including phenoxy) is 1. The predicted octanol–water partition coefficient (Wildman–Crippen LogP) is 8.49. The van der Waals surface area contributed by atoms with Crippen LogP contribution in [0.1, 0.15) is 79.8 Å². The van der Waals surface area contributed by atoms with Crippen LogP contribution in [0.3, 0.4) is 0 Å². The highest BCUT2D eigenvalue weighted by Gasteiger charge is 2.24. The molecule has 0 aromatic heterocycles. The van der Waals surface area contributed by atoms with Crippen molar-refractivity contribution >= 4 is 5.97 Å². The van der Waals surface area contributed by atoms with Crippen LogP contribution in [0.2, 0.25) is 0 Å². The molecule has 1 fully saturated rings. The van der Waals surface area contributed by atoms with E-state index < -0.39 is 11.6 Å². The number of esters is 1. The van der Waals surface area contributed by atoms with E-state index in [9.17, 15) is 13.6 Å². The van der Waals surface area contributed by atoms with Crippen LogP contribution >= 0.6 is 0 Å². The van der Waals surface area contributed by atoms with Gasteiger partial charge in [-0.05, 0) is 84.9 Å². The summed E-state index contributed by atoms with van der Waals surface area (Å²) in [7, 11) is 0. The SMILES string of the molecule is CCCC1CCC(OC(=O)c2ccc(-c3cc(F)c(C[C@@H](C)c4ccccc4)c(F)c3)cc2)CC1. The Bertz CT molecular complexity index is 1090. The Morgan fingerprint density at radius 3 is 2.14 bits per heavy atom. The molecule has 0 radical (unpaired) electrons. The lowest BCUT2D eigenvalue weighted by molar-refractivity contribution is 0.0161. The summed E-state index contributed by atoms with van der Waals surface area (Å²) in [5.41, 5.74) is 2.71. The fraction of sp³-hybridized carbons (Fsp3) is 0.387. The van der Waals surface area contributed by atoms with Gasteiger partial charge in [0.25, 0.3) is 0 Å². The third-order valence-corrected chi connectivity index (χ3v) is 7.24. The zero-order chi connectivity index (χ0) is 24.8. The molecule has 4 rings (SSSR count). The van der Waals surface area contributed by atoms with Crippen LogP contribution < -0.4 is 0 Å². The molecule has 0 N–H and O–H groups in total. The van der Waals surface area contributed by atoms with Crippen LogP contribution in [0.15, 0.2) is 66.7 Å². The van der Waals surface area contributed by atoms with Gasteiger partial charge in [-0.25, -0.2) is 13.6 Å². The van der Waals surface area contributed by atoms with Gasteiger partial charge >= 0.3 is 5.97 Å². The third-order valence-electron chi connectivity index (χ3n) is 7.24. The van der Waals surface area contributed by atoms with Gasteiger partial charge in [-0.2, -0.15) is 0 Å². The Hall–Kier alpha value is -3.01. The Morgan fingerprint density at radius 1 is 0.914 bits per heavy atom. The molecule has 2 nitrogen and oxygen atoms in total. The lowest BCUT2D eigenvalue weighted by atomic mass is 9.85. The van der Waals surface area contributed by atoms with Gasteiger partial charge in [0, 0.05) is 5.56 Å². The van der Waals surface area contributed by atoms with Crippen molar-refractivity contribution in [1.29, 1.82) is 0 Å². The maximum atomic E-state index is 14.9. The van der Waals surface area contributed by atoms with E-state index in [1.807, 2.05) is 37.3 Å². The van der Waals surface area contributed by atoms with Crippen LogP contribution in [0.25, 0.3) is 11.1 Å². The van der Waals surface area contributed by atoms with Crippen molar-refractivity contribution in [1.82, 2.24) is 0 Å². The average Bonchev–Trinajstić information content (AvgIpc) is 2.88. The summed E-state index contributed by atoms with van der Waals surface area (Å²) < 4.78 is 35.5. The number of hydrogen-bond donors (Lipinski definition) is 0. The minimum atomic E-state index is -0.551. The molecule has 0 amide bonds. The van der Waals surface area contributed by atoms with Crippen molar-refractivity contribution in [3.05, 3.63) is 95.1 Å². The molecule has 1 aliphatic carbocycles. The third kappa shape index (κ3) is 6.36. The molecule has 3 aromatic rings. The first kappa shape index (κ1) is 25.1. The molecule has 0 heterocycles. The van der Waals surface area contributed by atoms with E-state index in [0.29, 0.717) is 16.7 Å². The number of carbonyl (C=O) groups is 1. The quantitative estimate of drug-likeness (QED) is 0.305. The van der Waals surface area contributed by atoms with E-state index in [1.165, 1.54) is 25.0 Å². The Labute approximate surface area is 207 Å². The molecule has 1 atom stereocenters. The minimum Gasteiger partial charge on any atom is -0.459 e. The average molecular weight is 477 g/mol. The topological polar surface area (TPSA) is 26.3 Å². The first-order valence-corrected chi connectivity index (χ1v) is 12.8. The summed E-state index contributed by atoms with van der Waals surface area (Å²) in [6, 6.07) is 19.2. The smallest absolute Gasteiger partial charge is 0.338 e. The van der Waals surface area contributed by atoms with Gasteiger partial charge in [0.2, 0.25) is 0 Å². The van der Waals surface area contributed by atoms with Crippen LogP contribution in [-0.2, 0) is 11.2 Å². The number of hydrogen-bond acceptors (Lipinski definition) is 2. The summed E-state index contributed by atoms with van der Waals surface area (Å²) in [4.78, 5) is 12.6. The molecule has 35 heavy (non-hydrogen) atoms. The second-order valence-corrected chi connectivity index (χ2v) is 9.85. The molecular weight excluding hydrogens is 442 g/mol. The van der Waals surface area contributed by atoms with Crippen molar-refractivity contribution < 1.29 is 18.3 Å². The van der Waals surface area contributed by atoms with Crippen molar-refractivity contribution in [3.8, 4) is 11.1 Å². The lowest BCUT2D eigenvalue weighted by Gasteiger charge is -2.28. The first-order valence-electron chi connectivity index (χ1n) is 12.8. The van der Waals surface area contributed by atoms with Crippen molar-refractivity contribution in [2.75, 3.05) is 0 Å². The van der Waals surface area contributed by atoms with Gasteiger partial charge in [-0.3, -0.25) is 0 Å². The summed E-state index contributed by atoms with van der Waals surface area (Å²) >= 11 is 0. The molecule has 0 saturated heterocycles. The second-order valence-electron chi connectivity index (χ2n) is 9.85. The first-order chi connectivity index (χ1) is 16.9. The van der Waals surface area contributed by atoms with Gasteiger partial charge in [0.15, 0.2) is 0 Å². The number of carbonyl (C=O) groups excluding carboxylic acids is 1. The molecule has 0 aliphatic heterocycles. The fourth-order valence-electron chi connectivity index (χ4n) is 5.14. The second kappa shape index (κ2) is 11.6. The maximum absolute atomic E-state index is 14.9. The van der Waals surface area contributed by atoms with Crippen LogP contribution in [0.4, 0.5) is 8.78 Å². The van der Waals surface area contributed by atoms with Crippen molar-refractivity contribution in [2.24, 2.45) is 5.92 Å². The van der Waals surface area contributed by atoms with Gasteiger partial charge in [-0.1, -0.05) is 69.2 Å². The van der Waals surface area contributed by atoms with E-state index >= 15 is 0 Å². The zero-order valence-corrected chi connectivity index (χ0v) is 20.6. The van der Waals surface area contributed by atoms with E-state index in [2.05, 4.69) is 6.92 Å². The lowest BCUT2D eigenvalue weighted by Crippen LogP contribution is -2.24. The molecular formula is C31H34F2O2. The maximum Gasteiger partial charge on any atom is 0.338 e. The largest absolute Gasteiger partial charge is 0.459 e. The molecule has 0 unspecified atom stereocenters. The summed E-state index contributed by atoms with van der Waals surface area (Å²) in [5, 5.41) is 0. The van der Waals surface area contributed by atoms with E-state index in [1.54, 1.807) is 24.3 Å². The number of rotatable bonds is 8. The van der Waals surface area contributed by atoms with E-state index in [4.69, 9.17) is 4.74 Å². The number of halogens is 2. The summed E-state index contributed by atoms with van der Waals surface area (Å²) in [6.07, 6.45) is 6.77. The fourth-order valence-corrected chi connectivity index (χ4v) is 5.14. The monoisotopic (exact) mass is 476 g/mol. The molecule has 3 aromatic carbocycles. The Kier molecular flexibility index (Phi) is 8.33. The van der Waals surface area contributed by atoms with Crippen molar-refractivity contribution in [3.63, 3.8) is 0 Å². The van der Waals surface area contributed by atoms with Gasteiger partial charge in [-0.15, -0.1) is 0 Å². The summed E-state index contributed by atoms with van der Waals surface area (Å²) in [6.45, 7) is 4.18. The van der Waals surface area contributed by atoms with Crippen molar-refractivity contribution in [2.45, 2.75) is 70.8 Å². The van der Waals surface area contributed by atoms with E-state index in [0.717, 1.165) is 37.2 Å². The standard InChI is InChI=1S/C31H34F2O2/c1-3-7-22-10-16-27(17-11-22)35-31(34)25-14-12-24(13-15-25)26-19-29(32)28(30(33)20-26)18-21(2)23-8-5-4-6-9-23/h4-6,8-9,12-15,19-22,27H,3,7,10-11,16-18H2,1-2H3/t21-,22?,27?/m1/s1. The number of benzene rings is 3. The molecule has 184 valence electrons. The summed E-state index contributed by atoms with van der Waals surface area (Å²) in [5.74, 6) is -0.686. The van der Waals surface area contributed by atoms with E-state index in [-0.39, 0.29) is 30.0 Å². The van der Waals surface area contributed by atoms with Crippen LogP contribution in [-0.4, -0.2) is 12.1 Å². The van der Waals surface area contributed by atoms with Crippen LogP contribution in [0, 0.1) is 17.6 Å². The normalized spacial score (nSPS) is 18.7. The molecule has 1 aliphatic rings. The Morgan fingerprint density at radius 2 is 1.54 bits per heavy atom. The minimum absolute atomic E-state index is 0.00181. The highest BCUT2D eigenvalue weighted by atomic mass is 19.1. The molecule has 1 saturated carbocycles. The molecule has 0 bridgehead atoms. The Balaban J connectivity index is 1.40.